The molecule has 0 aliphatic carbocycles. The van der Waals surface area contributed by atoms with E-state index in [0.29, 0.717) is 11.4 Å². The van der Waals surface area contributed by atoms with Crippen LogP contribution < -0.4 is 4.90 Å². The molecule has 0 saturated carbocycles. The average molecular weight is 612 g/mol. The number of carbonyl (C=O) groups is 5. The van der Waals surface area contributed by atoms with Gasteiger partial charge in [0.2, 0.25) is 0 Å². The van der Waals surface area contributed by atoms with Crippen molar-refractivity contribution in [2.45, 2.75) is 57.5 Å². The molecule has 4 rings (SSSR count). The van der Waals surface area contributed by atoms with Crippen LogP contribution >= 0.6 is 11.8 Å². The Labute approximate surface area is 251 Å². The van der Waals surface area contributed by atoms with E-state index in [0.717, 1.165) is 32.5 Å². The van der Waals surface area contributed by atoms with Crippen LogP contribution in [0.1, 0.15) is 33.4 Å². The molecule has 0 spiro atoms. The number of hydrogen-bond donors (Lipinski definition) is 0. The summed E-state index contributed by atoms with van der Waals surface area (Å²) in [4.78, 5) is 71.9. The molecule has 1 fully saturated rings. The highest BCUT2D eigenvalue weighted by atomic mass is 32.2. The highest BCUT2D eigenvalue weighted by molar-refractivity contribution is 8.14. The molecule has 5 atom stereocenters. The number of nitrogens with zero attached hydrogens (tertiary/aromatic N) is 3. The van der Waals surface area contributed by atoms with Crippen molar-refractivity contribution in [2.75, 3.05) is 11.5 Å². The van der Waals surface area contributed by atoms with Crippen LogP contribution in [0.3, 0.4) is 0 Å². The van der Waals surface area contributed by atoms with Crippen molar-refractivity contribution < 1.29 is 47.7 Å². The molecule has 2 aromatic rings. The summed E-state index contributed by atoms with van der Waals surface area (Å²) in [5, 5.41) is 0.152. The van der Waals surface area contributed by atoms with Crippen LogP contribution in [0.4, 0.5) is 5.69 Å². The number of anilines is 1. The molecular formula is C29H29N3O10S. The first-order chi connectivity index (χ1) is 20.5. The number of benzene rings is 1. The number of esters is 4. The van der Waals surface area contributed by atoms with E-state index in [2.05, 4.69) is 9.98 Å². The van der Waals surface area contributed by atoms with E-state index < -0.39 is 59.6 Å². The summed E-state index contributed by atoms with van der Waals surface area (Å²) in [6, 6.07) is 13.9. The molecule has 1 saturated heterocycles. The van der Waals surface area contributed by atoms with Crippen LogP contribution in [0.2, 0.25) is 0 Å². The van der Waals surface area contributed by atoms with Crippen molar-refractivity contribution in [3.63, 3.8) is 0 Å². The highest BCUT2D eigenvalue weighted by Gasteiger charge is 2.53. The zero-order chi connectivity index (χ0) is 31.1. The fraction of sp³-hybridized carbons (Fsp3) is 0.345. The lowest BCUT2D eigenvalue weighted by molar-refractivity contribution is -0.237. The number of amides is 1. The van der Waals surface area contributed by atoms with Crippen molar-refractivity contribution in [3.05, 3.63) is 66.1 Å². The second-order valence-corrected chi connectivity index (χ2v) is 10.4. The smallest absolute Gasteiger partial charge is 0.303 e. The van der Waals surface area contributed by atoms with Crippen molar-refractivity contribution in [2.24, 2.45) is 4.99 Å². The normalized spacial score (nSPS) is 24.2. The van der Waals surface area contributed by atoms with Gasteiger partial charge in [0.1, 0.15) is 18.4 Å². The Bertz CT molecular complexity index is 1430. The van der Waals surface area contributed by atoms with E-state index >= 15 is 0 Å². The third kappa shape index (κ3) is 8.05. The zero-order valence-corrected chi connectivity index (χ0v) is 24.5. The van der Waals surface area contributed by atoms with Crippen molar-refractivity contribution in [1.82, 2.24) is 4.98 Å². The molecule has 0 bridgehead atoms. The number of amidine groups is 1. The quantitative estimate of drug-likeness (QED) is 0.244. The maximum Gasteiger partial charge on any atom is 0.303 e. The van der Waals surface area contributed by atoms with Gasteiger partial charge in [0.05, 0.1) is 11.4 Å². The molecule has 1 aromatic carbocycles. The van der Waals surface area contributed by atoms with E-state index in [1.165, 1.54) is 17.9 Å². The molecule has 13 nitrogen and oxygen atoms in total. The first-order valence-corrected chi connectivity index (χ1v) is 14.0. The van der Waals surface area contributed by atoms with Crippen LogP contribution in [-0.4, -0.2) is 76.4 Å². The number of para-hydroxylation sites is 1. The molecule has 0 N–H and O–H groups in total. The van der Waals surface area contributed by atoms with Crippen LogP contribution in [0.25, 0.3) is 6.08 Å². The van der Waals surface area contributed by atoms with Gasteiger partial charge >= 0.3 is 23.9 Å². The van der Waals surface area contributed by atoms with Gasteiger partial charge in [0.15, 0.2) is 28.9 Å². The van der Waals surface area contributed by atoms with E-state index in [1.807, 2.05) is 0 Å². The van der Waals surface area contributed by atoms with Gasteiger partial charge in [-0.3, -0.25) is 33.9 Å². The Morgan fingerprint density at radius 3 is 2.09 bits per heavy atom. The van der Waals surface area contributed by atoms with Gasteiger partial charge in [-0.2, -0.15) is 0 Å². The average Bonchev–Trinajstić information content (AvgIpc) is 3.25. The van der Waals surface area contributed by atoms with Gasteiger partial charge in [0, 0.05) is 33.9 Å². The van der Waals surface area contributed by atoms with Gasteiger partial charge < -0.3 is 23.7 Å². The Hall–Kier alpha value is -4.56. The third-order valence-electron chi connectivity index (χ3n) is 5.99. The van der Waals surface area contributed by atoms with Gasteiger partial charge in [-0.15, -0.1) is 0 Å². The van der Waals surface area contributed by atoms with Crippen LogP contribution in [0.15, 0.2) is 65.4 Å². The second-order valence-electron chi connectivity index (χ2n) is 9.34. The molecule has 0 unspecified atom stereocenters. The number of thioether (sulfide) groups is 1. The van der Waals surface area contributed by atoms with Crippen LogP contribution in [0, 0.1) is 0 Å². The number of aromatic nitrogens is 1. The number of aliphatic imine (C=N–C) groups is 1. The minimum atomic E-state index is -1.36. The lowest BCUT2D eigenvalue weighted by Gasteiger charge is -2.44. The minimum Gasteiger partial charge on any atom is -0.463 e. The van der Waals surface area contributed by atoms with Gasteiger partial charge in [-0.25, -0.2) is 4.99 Å². The molecule has 226 valence electrons. The molecule has 1 amide bonds. The largest absolute Gasteiger partial charge is 0.463 e. The highest BCUT2D eigenvalue weighted by Crippen LogP contribution is 2.38. The Kier molecular flexibility index (Phi) is 10.3. The molecule has 0 radical (unpaired) electrons. The summed E-state index contributed by atoms with van der Waals surface area (Å²) >= 11 is 0.911. The molecule has 43 heavy (non-hydrogen) atoms. The molecule has 3 heterocycles. The van der Waals surface area contributed by atoms with E-state index in [4.69, 9.17) is 23.7 Å². The van der Waals surface area contributed by atoms with Crippen LogP contribution in [0.5, 0.6) is 0 Å². The second kappa shape index (κ2) is 14.1. The number of ether oxygens (including phenoxy) is 5. The van der Waals surface area contributed by atoms with E-state index in [1.54, 1.807) is 54.7 Å². The Balaban J connectivity index is 1.78. The number of pyridine rings is 1. The molecule has 2 aliphatic heterocycles. The van der Waals surface area contributed by atoms with Gasteiger partial charge in [-0.1, -0.05) is 36.0 Å². The molecule has 1 aromatic heterocycles. The fourth-order valence-electron chi connectivity index (χ4n) is 4.37. The summed E-state index contributed by atoms with van der Waals surface area (Å²) in [5.41, 5.74) is -0.0989. The van der Waals surface area contributed by atoms with Crippen molar-refractivity contribution in [1.29, 1.82) is 0 Å². The predicted octanol–water partition coefficient (Wildman–Crippen LogP) is 2.64. The Morgan fingerprint density at radius 1 is 0.860 bits per heavy atom. The molecule has 14 heteroatoms. The van der Waals surface area contributed by atoms with Gasteiger partial charge in [-0.05, 0) is 30.3 Å². The minimum absolute atomic E-state index is 0.0793. The topological polar surface area (TPSA) is 160 Å². The lowest BCUT2D eigenvalue weighted by Crippen LogP contribution is -2.61. The first kappa shape index (κ1) is 31.4. The van der Waals surface area contributed by atoms with Crippen molar-refractivity contribution >= 4 is 58.5 Å². The van der Waals surface area contributed by atoms with E-state index in [-0.39, 0.29) is 17.5 Å². The summed E-state index contributed by atoms with van der Waals surface area (Å²) in [5.74, 6) is -3.32. The first-order valence-electron chi connectivity index (χ1n) is 13.1. The standard InChI is InChI=1S/C29H29N3O10S/c1-16(33)38-15-23-24(39-17(2)34)25(40-18(3)35)26(41-19(4)36)28(42-23)43-29-31-22(14-20-10-8-9-13-30-20)27(37)32(29)21-11-6-5-7-12-21/h5-14,23-26,28H,15H2,1-4H3/b22-14-/t23-,24+,25+,26-,28+/m1/s1. The van der Waals surface area contributed by atoms with Crippen LogP contribution in [-0.2, 0) is 47.7 Å². The zero-order valence-electron chi connectivity index (χ0n) is 23.7. The molecule has 2 aliphatic rings. The summed E-state index contributed by atoms with van der Waals surface area (Å²) in [6.45, 7) is 4.24. The number of hydrogen-bond acceptors (Lipinski definition) is 13. The predicted molar refractivity (Wildman–Crippen MR) is 153 cm³/mol. The SMILES string of the molecule is CC(=O)OC[C@H]1O[C@@H](SC2=N/C(=C\c3ccccn3)C(=O)N2c2ccccc2)[C@H](OC(C)=O)[C@@H](OC(C)=O)[C@H]1OC(C)=O. The summed E-state index contributed by atoms with van der Waals surface area (Å²) in [7, 11) is 0. The number of carbonyl (C=O) groups excluding carboxylic acids is 5. The van der Waals surface area contributed by atoms with E-state index in [9.17, 15) is 24.0 Å². The fourth-order valence-corrected chi connectivity index (χ4v) is 5.56. The maximum atomic E-state index is 13.6. The maximum absolute atomic E-state index is 13.6. The monoisotopic (exact) mass is 611 g/mol. The lowest BCUT2D eigenvalue weighted by atomic mass is 9.99. The summed E-state index contributed by atoms with van der Waals surface area (Å²) < 4.78 is 27.9. The molecular weight excluding hydrogens is 582 g/mol. The number of rotatable bonds is 8. The van der Waals surface area contributed by atoms with Crippen molar-refractivity contribution in [3.8, 4) is 0 Å². The Morgan fingerprint density at radius 2 is 1.49 bits per heavy atom. The summed E-state index contributed by atoms with van der Waals surface area (Å²) in [6.07, 6.45) is -2.03. The van der Waals surface area contributed by atoms with Gasteiger partial charge in [0.25, 0.3) is 5.91 Å². The third-order valence-corrected chi connectivity index (χ3v) is 7.08.